The summed E-state index contributed by atoms with van der Waals surface area (Å²) in [5.74, 6) is -0.875. The summed E-state index contributed by atoms with van der Waals surface area (Å²) < 4.78 is 16.9. The topological polar surface area (TPSA) is 78.9 Å². The van der Waals surface area contributed by atoms with Gasteiger partial charge in [0.1, 0.15) is 13.2 Å². The molecule has 0 amide bonds. The van der Waals surface area contributed by atoms with Gasteiger partial charge in [0, 0.05) is 19.3 Å². The van der Waals surface area contributed by atoms with Gasteiger partial charge in [-0.05, 0) is 38.5 Å². The van der Waals surface area contributed by atoms with Crippen molar-refractivity contribution in [1.29, 1.82) is 0 Å². The molecule has 0 spiro atoms. The minimum absolute atomic E-state index is 0.0738. The third-order valence-corrected chi connectivity index (χ3v) is 13.0. The number of esters is 3. The van der Waals surface area contributed by atoms with Gasteiger partial charge in [-0.1, -0.05) is 288 Å². The van der Waals surface area contributed by atoms with Crippen LogP contribution in [0.1, 0.15) is 310 Å². The lowest BCUT2D eigenvalue weighted by molar-refractivity contribution is -0.167. The molecule has 0 aromatic rings. The van der Waals surface area contributed by atoms with E-state index in [2.05, 4.69) is 57.2 Å². The molecule has 0 radical (unpaired) electrons. The number of allylic oxidation sites excluding steroid dienone is 6. The van der Waals surface area contributed by atoms with Crippen molar-refractivity contribution in [2.45, 2.75) is 316 Å². The highest BCUT2D eigenvalue weighted by Gasteiger charge is 2.19. The van der Waals surface area contributed by atoms with Crippen LogP contribution in [0.3, 0.4) is 0 Å². The van der Waals surface area contributed by atoms with Gasteiger partial charge in [-0.3, -0.25) is 14.4 Å². The van der Waals surface area contributed by atoms with Crippen LogP contribution in [0.2, 0.25) is 0 Å². The fourth-order valence-electron chi connectivity index (χ4n) is 8.62. The largest absolute Gasteiger partial charge is 0.462 e. The fourth-order valence-corrected chi connectivity index (χ4v) is 8.62. The van der Waals surface area contributed by atoms with Crippen LogP contribution in [-0.4, -0.2) is 37.2 Å². The summed E-state index contributed by atoms with van der Waals surface area (Å²) in [4.78, 5) is 38.1. The fraction of sp³-hybridized carbons (Fsp3) is 0.850. The normalized spacial score (nSPS) is 12.2. The molecule has 0 fully saturated rings. The minimum Gasteiger partial charge on any atom is -0.462 e. The Hall–Kier alpha value is -2.37. The number of carbonyl (C=O) groups excluding carboxylic acids is 3. The molecular formula is C60H110O6. The number of hydrogen-bond acceptors (Lipinski definition) is 6. The van der Waals surface area contributed by atoms with Crippen molar-refractivity contribution in [2.75, 3.05) is 13.2 Å². The summed E-state index contributed by atoms with van der Waals surface area (Å²) in [6, 6.07) is 0. The molecule has 0 aliphatic heterocycles. The summed E-state index contributed by atoms with van der Waals surface area (Å²) in [6.07, 6.45) is 65.7. The van der Waals surface area contributed by atoms with Gasteiger partial charge in [-0.15, -0.1) is 0 Å². The second kappa shape index (κ2) is 55.2. The van der Waals surface area contributed by atoms with Crippen LogP contribution in [-0.2, 0) is 28.6 Å². The molecule has 0 aromatic carbocycles. The molecule has 0 rings (SSSR count). The van der Waals surface area contributed by atoms with Gasteiger partial charge in [0.25, 0.3) is 0 Å². The van der Waals surface area contributed by atoms with E-state index in [4.69, 9.17) is 14.2 Å². The zero-order valence-electron chi connectivity index (χ0n) is 44.2. The van der Waals surface area contributed by atoms with E-state index in [1.54, 1.807) is 0 Å². The third kappa shape index (κ3) is 52.6. The average molecular weight is 928 g/mol. The van der Waals surface area contributed by atoms with Gasteiger partial charge in [-0.25, -0.2) is 0 Å². The van der Waals surface area contributed by atoms with Gasteiger partial charge in [0.15, 0.2) is 6.10 Å². The monoisotopic (exact) mass is 927 g/mol. The first kappa shape index (κ1) is 63.6. The average Bonchev–Trinajstić information content (AvgIpc) is 3.31. The highest BCUT2D eigenvalue weighted by Crippen LogP contribution is 2.17. The van der Waals surface area contributed by atoms with Gasteiger partial charge in [-0.2, -0.15) is 0 Å². The van der Waals surface area contributed by atoms with E-state index < -0.39 is 6.10 Å². The van der Waals surface area contributed by atoms with E-state index in [-0.39, 0.29) is 31.1 Å². The maximum Gasteiger partial charge on any atom is 0.306 e. The van der Waals surface area contributed by atoms with E-state index in [9.17, 15) is 14.4 Å². The molecule has 6 nitrogen and oxygen atoms in total. The van der Waals surface area contributed by atoms with Crippen molar-refractivity contribution in [2.24, 2.45) is 0 Å². The molecule has 0 saturated heterocycles. The number of unbranched alkanes of at least 4 members (excludes halogenated alkanes) is 38. The SMILES string of the molecule is CC/C=C/C=C/C=C/CCCCCCCC(=O)OCC(COC(=O)CCCCCCCCCCCCCCCCCCCCC)OC(=O)CCCCCCCCCCCCCCCCCC. The Labute approximate surface area is 410 Å². The van der Waals surface area contributed by atoms with E-state index in [1.807, 2.05) is 0 Å². The first-order valence-electron chi connectivity index (χ1n) is 29.0. The van der Waals surface area contributed by atoms with Crippen molar-refractivity contribution in [3.63, 3.8) is 0 Å². The lowest BCUT2D eigenvalue weighted by Gasteiger charge is -2.18. The maximum absolute atomic E-state index is 12.8. The standard InChI is InChI=1S/C60H110O6/c1-4-7-10-13-16-19-22-25-27-29-30-31-33-35-38-41-44-47-50-53-59(62)65-56-57(55-64-58(61)52-49-46-43-40-37-34-24-21-18-15-12-9-6-3)66-60(63)54-51-48-45-42-39-36-32-28-26-23-20-17-14-11-8-5-2/h9,12,15,18,21,24,57H,4-8,10-11,13-14,16-17,19-20,22-23,25-56H2,1-3H3/b12-9+,18-15+,24-21+. The molecule has 0 bridgehead atoms. The van der Waals surface area contributed by atoms with E-state index >= 15 is 0 Å². The lowest BCUT2D eigenvalue weighted by Crippen LogP contribution is -2.30. The van der Waals surface area contributed by atoms with Gasteiger partial charge < -0.3 is 14.2 Å². The van der Waals surface area contributed by atoms with Gasteiger partial charge in [0.2, 0.25) is 0 Å². The van der Waals surface area contributed by atoms with Crippen molar-refractivity contribution in [3.05, 3.63) is 36.5 Å². The van der Waals surface area contributed by atoms with Crippen molar-refractivity contribution >= 4 is 17.9 Å². The predicted octanol–water partition coefficient (Wildman–Crippen LogP) is 19.3. The second-order valence-electron chi connectivity index (χ2n) is 19.6. The summed E-state index contributed by atoms with van der Waals surface area (Å²) >= 11 is 0. The molecule has 0 aliphatic rings. The van der Waals surface area contributed by atoms with Crippen LogP contribution >= 0.6 is 0 Å². The Morgan fingerprint density at radius 1 is 0.318 bits per heavy atom. The Bertz CT molecular complexity index is 1110. The Balaban J connectivity index is 4.31. The molecule has 0 saturated carbocycles. The zero-order valence-corrected chi connectivity index (χ0v) is 44.2. The van der Waals surface area contributed by atoms with Crippen molar-refractivity contribution in [1.82, 2.24) is 0 Å². The Morgan fingerprint density at radius 3 is 0.909 bits per heavy atom. The molecule has 66 heavy (non-hydrogen) atoms. The molecule has 386 valence electrons. The summed E-state index contributed by atoms with van der Waals surface area (Å²) in [5, 5.41) is 0. The maximum atomic E-state index is 12.8. The summed E-state index contributed by atoms with van der Waals surface area (Å²) in [6.45, 7) is 6.54. The molecule has 1 atom stereocenters. The van der Waals surface area contributed by atoms with Crippen LogP contribution in [0.4, 0.5) is 0 Å². The highest BCUT2D eigenvalue weighted by atomic mass is 16.6. The molecule has 0 N–H and O–H groups in total. The number of rotatable bonds is 53. The molecule has 1 unspecified atom stereocenters. The predicted molar refractivity (Wildman–Crippen MR) is 284 cm³/mol. The van der Waals surface area contributed by atoms with Gasteiger partial charge >= 0.3 is 17.9 Å². The minimum atomic E-state index is -0.776. The summed E-state index contributed by atoms with van der Waals surface area (Å²) in [7, 11) is 0. The van der Waals surface area contributed by atoms with E-state index in [0.29, 0.717) is 19.3 Å². The quantitative estimate of drug-likeness (QED) is 0.0262. The zero-order chi connectivity index (χ0) is 47.9. The van der Waals surface area contributed by atoms with Crippen molar-refractivity contribution < 1.29 is 28.6 Å². The number of hydrogen-bond donors (Lipinski definition) is 0. The second-order valence-corrected chi connectivity index (χ2v) is 19.6. The highest BCUT2D eigenvalue weighted by molar-refractivity contribution is 5.71. The molecular weight excluding hydrogens is 817 g/mol. The smallest absolute Gasteiger partial charge is 0.306 e. The van der Waals surface area contributed by atoms with Gasteiger partial charge in [0.05, 0.1) is 0 Å². The van der Waals surface area contributed by atoms with Crippen LogP contribution < -0.4 is 0 Å². The molecule has 0 aromatic heterocycles. The molecule has 0 aliphatic carbocycles. The third-order valence-electron chi connectivity index (χ3n) is 13.0. The number of ether oxygens (including phenoxy) is 3. The first-order chi connectivity index (χ1) is 32.5. The van der Waals surface area contributed by atoms with Crippen molar-refractivity contribution in [3.8, 4) is 0 Å². The van der Waals surface area contributed by atoms with Crippen LogP contribution in [0.25, 0.3) is 0 Å². The number of carbonyl (C=O) groups is 3. The van der Waals surface area contributed by atoms with Crippen LogP contribution in [0.5, 0.6) is 0 Å². The van der Waals surface area contributed by atoms with E-state index in [1.165, 1.54) is 186 Å². The van der Waals surface area contributed by atoms with E-state index in [0.717, 1.165) is 83.5 Å². The molecule has 0 heterocycles. The summed E-state index contributed by atoms with van der Waals surface area (Å²) in [5.41, 5.74) is 0. The lowest BCUT2D eigenvalue weighted by atomic mass is 10.0. The van der Waals surface area contributed by atoms with Crippen LogP contribution in [0.15, 0.2) is 36.5 Å². The first-order valence-corrected chi connectivity index (χ1v) is 29.0. The molecule has 6 heteroatoms. The van der Waals surface area contributed by atoms with Crippen LogP contribution in [0, 0.1) is 0 Å². The Morgan fingerprint density at radius 2 is 0.591 bits per heavy atom. The Kier molecular flexibility index (Phi) is 53.2.